The van der Waals surface area contributed by atoms with Crippen LogP contribution in [-0.4, -0.2) is 33.8 Å². The van der Waals surface area contributed by atoms with Gasteiger partial charge in [-0.3, -0.25) is 4.79 Å². The van der Waals surface area contributed by atoms with Crippen molar-refractivity contribution in [3.8, 4) is 0 Å². The first-order valence-corrected chi connectivity index (χ1v) is 7.89. The lowest BCUT2D eigenvalue weighted by molar-refractivity contribution is -0.119. The van der Waals surface area contributed by atoms with Gasteiger partial charge in [-0.1, -0.05) is 24.3 Å². The zero-order valence-electron chi connectivity index (χ0n) is 12.0. The molecule has 2 rings (SSSR count). The molecule has 0 aliphatic heterocycles. The molecule has 21 heavy (non-hydrogen) atoms. The molecule has 112 valence electrons. The minimum absolute atomic E-state index is 0.161. The minimum Gasteiger partial charge on any atom is -0.377 e. The number of carbonyl (C=O) groups is 1. The summed E-state index contributed by atoms with van der Waals surface area (Å²) in [6, 6.07) is 9.81. The van der Waals surface area contributed by atoms with Crippen LogP contribution in [0.3, 0.4) is 0 Å². The Balaban J connectivity index is 2.78. The van der Waals surface area contributed by atoms with E-state index in [1.54, 1.807) is 24.3 Å². The highest BCUT2D eigenvalue weighted by molar-refractivity contribution is 7.92. The van der Waals surface area contributed by atoms with E-state index in [1.807, 2.05) is 25.1 Å². The fourth-order valence-corrected chi connectivity index (χ4v) is 3.65. The molecular weight excluding hydrogens is 293 g/mol. The van der Waals surface area contributed by atoms with Gasteiger partial charge in [0.25, 0.3) is 5.50 Å². The van der Waals surface area contributed by atoms with Crippen molar-refractivity contribution in [3.63, 3.8) is 0 Å². The predicted octanol–water partition coefficient (Wildman–Crippen LogP) is 2.56. The second-order valence-corrected chi connectivity index (χ2v) is 6.94. The van der Waals surface area contributed by atoms with Gasteiger partial charge in [-0.2, -0.15) is 0 Å². The zero-order chi connectivity index (χ0) is 15.8. The Kier molecular flexibility index (Phi) is 4.00. The van der Waals surface area contributed by atoms with E-state index in [2.05, 4.69) is 0 Å². The average Bonchev–Trinajstić information content (AvgIpc) is 2.44. The molecule has 0 aliphatic rings. The summed E-state index contributed by atoms with van der Waals surface area (Å²) in [6.07, 6.45) is 0. The standard InChI is InChI=1S/C15H16FNO3S/c1-10(18)15(16)21(19,20)14-9-5-6-11-12(14)7-4-8-13(11)17(2)3/h4-9,15H,1-3H3. The van der Waals surface area contributed by atoms with Crippen molar-refractivity contribution in [3.05, 3.63) is 36.4 Å². The highest BCUT2D eigenvalue weighted by Crippen LogP contribution is 2.32. The highest BCUT2D eigenvalue weighted by Gasteiger charge is 2.32. The second-order valence-electron chi connectivity index (χ2n) is 4.99. The number of rotatable bonds is 4. The van der Waals surface area contributed by atoms with Gasteiger partial charge in [0.05, 0.1) is 4.90 Å². The first kappa shape index (κ1) is 15.4. The minimum atomic E-state index is -4.34. The van der Waals surface area contributed by atoms with Crippen molar-refractivity contribution in [1.82, 2.24) is 0 Å². The molecule has 0 bridgehead atoms. The van der Waals surface area contributed by atoms with Crippen LogP contribution in [0.4, 0.5) is 10.1 Å². The van der Waals surface area contributed by atoms with Gasteiger partial charge in [-0.15, -0.1) is 0 Å². The molecule has 1 unspecified atom stereocenters. The molecular formula is C15H16FNO3S. The molecule has 2 aromatic carbocycles. The molecule has 0 heterocycles. The fraction of sp³-hybridized carbons (Fsp3) is 0.267. The Morgan fingerprint density at radius 3 is 2.24 bits per heavy atom. The SMILES string of the molecule is CC(=O)C(F)S(=O)(=O)c1cccc2c(N(C)C)cccc12. The third-order valence-corrected chi connectivity index (χ3v) is 5.09. The number of benzene rings is 2. The first-order chi connectivity index (χ1) is 9.76. The van der Waals surface area contributed by atoms with Crippen LogP contribution >= 0.6 is 0 Å². The first-order valence-electron chi connectivity index (χ1n) is 6.34. The summed E-state index contributed by atoms with van der Waals surface area (Å²) >= 11 is 0. The van der Waals surface area contributed by atoms with E-state index in [0.717, 1.165) is 12.6 Å². The number of sulfone groups is 1. The quantitative estimate of drug-likeness (QED) is 0.871. The summed E-state index contributed by atoms with van der Waals surface area (Å²) < 4.78 is 38.3. The Labute approximate surface area is 123 Å². The number of carbonyl (C=O) groups excluding carboxylic acids is 1. The van der Waals surface area contributed by atoms with Crippen LogP contribution in [0.25, 0.3) is 10.8 Å². The van der Waals surface area contributed by atoms with Gasteiger partial charge in [-0.05, 0) is 19.1 Å². The van der Waals surface area contributed by atoms with Crippen molar-refractivity contribution < 1.29 is 17.6 Å². The average molecular weight is 309 g/mol. The van der Waals surface area contributed by atoms with Crippen LogP contribution in [-0.2, 0) is 14.6 Å². The molecule has 4 nitrogen and oxygen atoms in total. The molecule has 0 aliphatic carbocycles. The van der Waals surface area contributed by atoms with Crippen LogP contribution in [0.2, 0.25) is 0 Å². The van der Waals surface area contributed by atoms with E-state index >= 15 is 0 Å². The van der Waals surface area contributed by atoms with Gasteiger partial charge in [-0.25, -0.2) is 12.8 Å². The van der Waals surface area contributed by atoms with Crippen LogP contribution in [0.5, 0.6) is 0 Å². The lowest BCUT2D eigenvalue weighted by Crippen LogP contribution is -2.24. The third-order valence-electron chi connectivity index (χ3n) is 3.24. The van der Waals surface area contributed by atoms with Gasteiger partial charge in [0, 0.05) is 30.6 Å². The number of Topliss-reactive ketones (excluding diaryl/α,β-unsaturated/α-hetero) is 1. The monoisotopic (exact) mass is 309 g/mol. The second kappa shape index (κ2) is 5.44. The lowest BCUT2D eigenvalue weighted by atomic mass is 10.1. The van der Waals surface area contributed by atoms with Gasteiger partial charge in [0.15, 0.2) is 5.78 Å². The van der Waals surface area contributed by atoms with Crippen molar-refractivity contribution in [1.29, 1.82) is 0 Å². The van der Waals surface area contributed by atoms with Gasteiger partial charge < -0.3 is 4.90 Å². The molecule has 1 atom stereocenters. The summed E-state index contributed by atoms with van der Waals surface area (Å²) in [5.74, 6) is -1.02. The summed E-state index contributed by atoms with van der Waals surface area (Å²) in [5.41, 5.74) is -1.71. The maximum Gasteiger partial charge on any atom is 0.262 e. The summed E-state index contributed by atoms with van der Waals surface area (Å²) in [4.78, 5) is 12.8. The smallest absolute Gasteiger partial charge is 0.262 e. The largest absolute Gasteiger partial charge is 0.377 e. The molecule has 0 N–H and O–H groups in total. The number of alkyl halides is 1. The van der Waals surface area contributed by atoms with E-state index in [0.29, 0.717) is 10.8 Å². The van der Waals surface area contributed by atoms with Crippen LogP contribution in [0, 0.1) is 0 Å². The van der Waals surface area contributed by atoms with Gasteiger partial charge in [0.1, 0.15) is 0 Å². The van der Waals surface area contributed by atoms with Crippen molar-refractivity contribution in [2.45, 2.75) is 17.3 Å². The van der Waals surface area contributed by atoms with E-state index in [4.69, 9.17) is 0 Å². The predicted molar refractivity (Wildman–Crippen MR) is 81.0 cm³/mol. The molecule has 0 aromatic heterocycles. The van der Waals surface area contributed by atoms with Crippen molar-refractivity contribution in [2.75, 3.05) is 19.0 Å². The molecule has 0 saturated heterocycles. The summed E-state index contributed by atoms with van der Waals surface area (Å²) in [5, 5.41) is 1.10. The van der Waals surface area contributed by atoms with Crippen molar-refractivity contribution >= 4 is 32.1 Å². The number of halogens is 1. The number of hydrogen-bond donors (Lipinski definition) is 0. The molecule has 0 saturated carbocycles. The van der Waals surface area contributed by atoms with Gasteiger partial charge in [0.2, 0.25) is 9.84 Å². The summed E-state index contributed by atoms with van der Waals surface area (Å²) in [6.45, 7) is 0.929. The van der Waals surface area contributed by atoms with E-state index < -0.39 is 21.1 Å². The van der Waals surface area contributed by atoms with Crippen LogP contribution < -0.4 is 4.90 Å². The number of nitrogens with zero attached hydrogens (tertiary/aromatic N) is 1. The maximum absolute atomic E-state index is 13.8. The number of anilines is 1. The topological polar surface area (TPSA) is 54.5 Å². The zero-order valence-corrected chi connectivity index (χ0v) is 12.8. The fourth-order valence-electron chi connectivity index (χ4n) is 2.23. The lowest BCUT2D eigenvalue weighted by Gasteiger charge is -2.17. The molecule has 0 radical (unpaired) electrons. The van der Waals surface area contributed by atoms with Gasteiger partial charge >= 0.3 is 0 Å². The Morgan fingerprint density at radius 1 is 1.10 bits per heavy atom. The summed E-state index contributed by atoms with van der Waals surface area (Å²) in [7, 11) is -0.668. The number of hydrogen-bond acceptors (Lipinski definition) is 4. The molecule has 6 heteroatoms. The molecule has 0 spiro atoms. The Bertz CT molecular complexity index is 800. The van der Waals surface area contributed by atoms with Crippen LogP contribution in [0.15, 0.2) is 41.3 Å². The number of ketones is 1. The highest BCUT2D eigenvalue weighted by atomic mass is 32.2. The van der Waals surface area contributed by atoms with E-state index in [9.17, 15) is 17.6 Å². The van der Waals surface area contributed by atoms with Crippen molar-refractivity contribution in [2.24, 2.45) is 0 Å². The Morgan fingerprint density at radius 2 is 1.67 bits per heavy atom. The maximum atomic E-state index is 13.8. The normalized spacial score (nSPS) is 13.1. The number of fused-ring (bicyclic) bond motifs is 1. The van der Waals surface area contributed by atoms with Crippen LogP contribution in [0.1, 0.15) is 6.92 Å². The Hall–Kier alpha value is -1.95. The third kappa shape index (κ3) is 2.63. The molecule has 2 aromatic rings. The van der Waals surface area contributed by atoms with E-state index in [1.165, 1.54) is 6.07 Å². The molecule has 0 fully saturated rings. The molecule has 0 amide bonds. The van der Waals surface area contributed by atoms with E-state index in [-0.39, 0.29) is 4.90 Å².